The number of carbonyl (C=O) groups excluding carboxylic acids is 3. The SMILES string of the molecule is CC(C)(C)OC(=O)[C@H](Cc1ccccc1)NC(=O)[C@@](C)(O)CCNC(=O)OCC1c2ccccc2-c2ccccc21. The number of rotatable bonds is 10. The highest BCUT2D eigenvalue weighted by molar-refractivity contribution is 5.89. The maximum absolute atomic E-state index is 13.0. The predicted octanol–water partition coefficient (Wildman–Crippen LogP) is 4.74. The summed E-state index contributed by atoms with van der Waals surface area (Å²) in [6.07, 6.45) is -0.524. The number of fused-ring (bicyclic) bond motifs is 3. The van der Waals surface area contributed by atoms with Crippen LogP contribution in [-0.2, 0) is 25.5 Å². The molecule has 3 aromatic rings. The number of nitrogens with one attached hydrogen (secondary N) is 2. The Morgan fingerprint density at radius 2 is 1.41 bits per heavy atom. The summed E-state index contributed by atoms with van der Waals surface area (Å²) in [5.74, 6) is -1.41. The highest BCUT2D eigenvalue weighted by Crippen LogP contribution is 2.44. The molecule has 0 unspecified atom stereocenters. The molecule has 8 heteroatoms. The van der Waals surface area contributed by atoms with Gasteiger partial charge in [0.15, 0.2) is 0 Å². The molecule has 3 aromatic carbocycles. The van der Waals surface area contributed by atoms with Gasteiger partial charge in [0.1, 0.15) is 23.9 Å². The normalized spacial score (nSPS) is 14.7. The monoisotopic (exact) mass is 558 g/mol. The molecule has 216 valence electrons. The van der Waals surface area contributed by atoms with Crippen LogP contribution in [0, 0.1) is 0 Å². The van der Waals surface area contributed by atoms with Crippen LogP contribution in [0.2, 0.25) is 0 Å². The van der Waals surface area contributed by atoms with Crippen LogP contribution in [0.4, 0.5) is 4.79 Å². The minimum absolute atomic E-state index is 0.00706. The zero-order valence-electron chi connectivity index (χ0n) is 24.0. The quantitative estimate of drug-likeness (QED) is 0.310. The number of aliphatic hydroxyl groups is 1. The molecule has 0 spiro atoms. The van der Waals surface area contributed by atoms with E-state index in [1.165, 1.54) is 6.92 Å². The summed E-state index contributed by atoms with van der Waals surface area (Å²) < 4.78 is 11.0. The molecule has 0 fully saturated rings. The van der Waals surface area contributed by atoms with Crippen molar-refractivity contribution >= 4 is 18.0 Å². The Morgan fingerprint density at radius 1 is 0.854 bits per heavy atom. The molecule has 41 heavy (non-hydrogen) atoms. The average molecular weight is 559 g/mol. The lowest BCUT2D eigenvalue weighted by Gasteiger charge is -2.28. The summed E-state index contributed by atoms with van der Waals surface area (Å²) in [6, 6.07) is 24.4. The van der Waals surface area contributed by atoms with Crippen LogP contribution in [0.3, 0.4) is 0 Å². The van der Waals surface area contributed by atoms with Gasteiger partial charge in [0.05, 0.1) is 0 Å². The van der Waals surface area contributed by atoms with Crippen LogP contribution in [0.5, 0.6) is 0 Å². The molecule has 3 N–H and O–H groups in total. The second-order valence-electron chi connectivity index (χ2n) is 11.5. The van der Waals surface area contributed by atoms with E-state index in [4.69, 9.17) is 9.47 Å². The largest absolute Gasteiger partial charge is 0.458 e. The van der Waals surface area contributed by atoms with Crippen molar-refractivity contribution in [2.45, 2.75) is 63.7 Å². The zero-order valence-corrected chi connectivity index (χ0v) is 24.0. The van der Waals surface area contributed by atoms with E-state index in [0.717, 1.165) is 27.8 Å². The van der Waals surface area contributed by atoms with Crippen LogP contribution in [0.15, 0.2) is 78.9 Å². The molecule has 1 aliphatic rings. The van der Waals surface area contributed by atoms with Crippen LogP contribution in [0.1, 0.15) is 56.7 Å². The lowest BCUT2D eigenvalue weighted by molar-refractivity contribution is -0.160. The van der Waals surface area contributed by atoms with Crippen molar-refractivity contribution in [3.8, 4) is 11.1 Å². The molecular formula is C33H38N2O6. The van der Waals surface area contributed by atoms with Gasteiger partial charge in [-0.1, -0.05) is 78.9 Å². The second kappa shape index (κ2) is 12.6. The van der Waals surface area contributed by atoms with Gasteiger partial charge in [-0.05, 0) is 55.5 Å². The van der Waals surface area contributed by atoms with Crippen molar-refractivity contribution in [2.75, 3.05) is 13.2 Å². The number of carbonyl (C=O) groups is 3. The van der Waals surface area contributed by atoms with Gasteiger partial charge >= 0.3 is 12.1 Å². The number of hydrogen-bond donors (Lipinski definition) is 3. The van der Waals surface area contributed by atoms with E-state index in [2.05, 4.69) is 22.8 Å². The van der Waals surface area contributed by atoms with Crippen molar-refractivity contribution in [2.24, 2.45) is 0 Å². The highest BCUT2D eigenvalue weighted by atomic mass is 16.6. The van der Waals surface area contributed by atoms with Gasteiger partial charge in [-0.3, -0.25) is 4.79 Å². The summed E-state index contributed by atoms with van der Waals surface area (Å²) in [7, 11) is 0. The number of amides is 2. The molecule has 0 bridgehead atoms. The fraction of sp³-hybridized carbons (Fsp3) is 0.364. The Morgan fingerprint density at radius 3 is 2.00 bits per heavy atom. The Balaban J connectivity index is 1.30. The van der Waals surface area contributed by atoms with Crippen LogP contribution in [0.25, 0.3) is 11.1 Å². The van der Waals surface area contributed by atoms with E-state index in [1.807, 2.05) is 66.7 Å². The highest BCUT2D eigenvalue weighted by Gasteiger charge is 2.35. The zero-order chi connectivity index (χ0) is 29.6. The van der Waals surface area contributed by atoms with E-state index < -0.39 is 35.2 Å². The first kappa shape index (κ1) is 29.8. The molecule has 0 saturated heterocycles. The van der Waals surface area contributed by atoms with Gasteiger partial charge in [0.25, 0.3) is 5.91 Å². The molecule has 0 aliphatic heterocycles. The summed E-state index contributed by atoms with van der Waals surface area (Å²) >= 11 is 0. The van der Waals surface area contributed by atoms with Gasteiger partial charge in [-0.25, -0.2) is 9.59 Å². The van der Waals surface area contributed by atoms with Gasteiger partial charge in [-0.15, -0.1) is 0 Å². The Kier molecular flexibility index (Phi) is 9.13. The molecular weight excluding hydrogens is 520 g/mol. The predicted molar refractivity (Wildman–Crippen MR) is 156 cm³/mol. The molecule has 0 aromatic heterocycles. The summed E-state index contributed by atoms with van der Waals surface area (Å²) in [5.41, 5.74) is 2.72. The third-order valence-corrected chi connectivity index (χ3v) is 6.99. The minimum atomic E-state index is -1.85. The average Bonchev–Trinajstić information content (AvgIpc) is 3.24. The fourth-order valence-electron chi connectivity index (χ4n) is 4.90. The number of alkyl carbamates (subject to hydrolysis) is 1. The minimum Gasteiger partial charge on any atom is -0.458 e. The molecule has 0 radical (unpaired) electrons. The molecule has 4 rings (SSSR count). The van der Waals surface area contributed by atoms with Crippen LogP contribution < -0.4 is 10.6 Å². The molecule has 0 saturated carbocycles. The maximum Gasteiger partial charge on any atom is 0.407 e. The van der Waals surface area contributed by atoms with E-state index >= 15 is 0 Å². The molecule has 1 aliphatic carbocycles. The summed E-state index contributed by atoms with van der Waals surface area (Å²) in [4.78, 5) is 38.4. The Labute approximate surface area is 241 Å². The fourth-order valence-corrected chi connectivity index (χ4v) is 4.90. The molecule has 2 amide bonds. The molecule has 8 nitrogen and oxygen atoms in total. The van der Waals surface area contributed by atoms with E-state index in [9.17, 15) is 19.5 Å². The van der Waals surface area contributed by atoms with Gasteiger partial charge in [0.2, 0.25) is 0 Å². The molecule has 2 atom stereocenters. The maximum atomic E-state index is 13.0. The first-order valence-corrected chi connectivity index (χ1v) is 13.8. The Hall–Kier alpha value is -4.17. The third kappa shape index (κ3) is 7.73. The van der Waals surface area contributed by atoms with E-state index in [1.54, 1.807) is 20.8 Å². The number of esters is 1. The number of hydrogen-bond acceptors (Lipinski definition) is 6. The lowest BCUT2D eigenvalue weighted by atomic mass is 9.98. The lowest BCUT2D eigenvalue weighted by Crippen LogP contribution is -2.53. The van der Waals surface area contributed by atoms with Gasteiger partial charge in [-0.2, -0.15) is 0 Å². The van der Waals surface area contributed by atoms with Gasteiger partial charge in [0, 0.05) is 25.3 Å². The van der Waals surface area contributed by atoms with Gasteiger partial charge < -0.3 is 25.2 Å². The van der Waals surface area contributed by atoms with Crippen molar-refractivity contribution in [1.29, 1.82) is 0 Å². The van der Waals surface area contributed by atoms with Crippen LogP contribution in [-0.4, -0.2) is 53.5 Å². The summed E-state index contributed by atoms with van der Waals surface area (Å²) in [6.45, 7) is 6.74. The first-order valence-electron chi connectivity index (χ1n) is 13.8. The number of ether oxygens (including phenoxy) is 2. The third-order valence-electron chi connectivity index (χ3n) is 6.99. The topological polar surface area (TPSA) is 114 Å². The first-order chi connectivity index (χ1) is 19.4. The van der Waals surface area contributed by atoms with Crippen molar-refractivity contribution < 1.29 is 29.0 Å². The van der Waals surface area contributed by atoms with E-state index in [0.29, 0.717) is 0 Å². The van der Waals surface area contributed by atoms with E-state index in [-0.39, 0.29) is 31.9 Å². The Bertz CT molecular complexity index is 1330. The summed E-state index contributed by atoms with van der Waals surface area (Å²) in [5, 5.41) is 16.1. The smallest absolute Gasteiger partial charge is 0.407 e. The second-order valence-corrected chi connectivity index (χ2v) is 11.5. The number of benzene rings is 3. The van der Waals surface area contributed by atoms with Crippen molar-refractivity contribution in [1.82, 2.24) is 10.6 Å². The van der Waals surface area contributed by atoms with Crippen molar-refractivity contribution in [3.63, 3.8) is 0 Å². The van der Waals surface area contributed by atoms with Crippen LogP contribution >= 0.6 is 0 Å². The molecule has 0 heterocycles. The van der Waals surface area contributed by atoms with Crippen molar-refractivity contribution in [3.05, 3.63) is 95.6 Å². The standard InChI is InChI=1S/C33H38N2O6/c1-32(2,3)41-29(36)28(20-22-12-6-5-7-13-22)35-30(37)33(4,39)18-19-34-31(38)40-21-27-25-16-10-8-14-23(25)24-15-9-11-17-26(24)27/h5-17,27-28,39H,18-21H2,1-4H3,(H,34,38)(H,35,37)/t28-,33-/m0/s1.